The summed E-state index contributed by atoms with van der Waals surface area (Å²) in [5.41, 5.74) is 2.96. The number of methoxy groups -OCH3 is 2. The first kappa shape index (κ1) is 21.2. The van der Waals surface area contributed by atoms with E-state index < -0.39 is 0 Å². The van der Waals surface area contributed by atoms with Gasteiger partial charge >= 0.3 is 0 Å². The maximum absolute atomic E-state index is 12.6. The lowest BCUT2D eigenvalue weighted by atomic mass is 10.0. The van der Waals surface area contributed by atoms with Crippen molar-refractivity contribution >= 4 is 11.6 Å². The second kappa shape index (κ2) is 9.82. The van der Waals surface area contributed by atoms with Crippen molar-refractivity contribution in [2.75, 3.05) is 26.1 Å². The number of benzene rings is 2. The minimum absolute atomic E-state index is 0.0956. The fourth-order valence-electron chi connectivity index (χ4n) is 3.10. The maximum atomic E-state index is 12.6. The zero-order valence-electron chi connectivity index (χ0n) is 17.7. The quantitative estimate of drug-likeness (QED) is 0.550. The molecule has 3 aromatic rings. The number of rotatable bonds is 9. The van der Waals surface area contributed by atoms with Gasteiger partial charge < -0.3 is 19.5 Å². The highest BCUT2D eigenvalue weighted by Crippen LogP contribution is 2.36. The van der Waals surface area contributed by atoms with E-state index in [0.29, 0.717) is 34.5 Å². The van der Waals surface area contributed by atoms with Crippen LogP contribution in [-0.2, 0) is 11.2 Å². The van der Waals surface area contributed by atoms with Crippen LogP contribution in [0.15, 0.2) is 48.5 Å². The van der Waals surface area contributed by atoms with Crippen molar-refractivity contribution in [3.05, 3.63) is 54.2 Å². The lowest BCUT2D eigenvalue weighted by Crippen LogP contribution is -2.21. The second-order valence-corrected chi connectivity index (χ2v) is 7.24. The lowest BCUT2D eigenvalue weighted by molar-refractivity contribution is -0.118. The molecule has 3 rings (SSSR count). The van der Waals surface area contributed by atoms with Crippen LogP contribution in [0.4, 0.5) is 5.69 Å². The third kappa shape index (κ3) is 5.11. The van der Waals surface area contributed by atoms with Crippen molar-refractivity contribution < 1.29 is 19.0 Å². The summed E-state index contributed by atoms with van der Waals surface area (Å²) in [6.45, 7) is 4.13. The number of aromatic amines is 1. The number of H-pyrrole nitrogens is 1. The molecule has 0 spiro atoms. The van der Waals surface area contributed by atoms with Gasteiger partial charge in [-0.05, 0) is 42.7 Å². The molecule has 0 saturated heterocycles. The minimum Gasteiger partial charge on any atom is -0.493 e. The van der Waals surface area contributed by atoms with Gasteiger partial charge in [-0.2, -0.15) is 5.10 Å². The first-order valence-corrected chi connectivity index (χ1v) is 9.79. The fraction of sp³-hybridized carbons (Fsp3) is 0.304. The zero-order chi connectivity index (χ0) is 21.5. The Bertz CT molecular complexity index is 983. The van der Waals surface area contributed by atoms with Crippen LogP contribution in [0.25, 0.3) is 11.3 Å². The fourth-order valence-corrected chi connectivity index (χ4v) is 3.10. The molecule has 7 heteroatoms. The van der Waals surface area contributed by atoms with Gasteiger partial charge in [0, 0.05) is 5.56 Å². The highest BCUT2D eigenvalue weighted by molar-refractivity contribution is 5.96. The third-order valence-electron chi connectivity index (χ3n) is 4.49. The Labute approximate surface area is 176 Å². The number of anilines is 1. The number of amides is 1. The summed E-state index contributed by atoms with van der Waals surface area (Å²) in [6.07, 6.45) is 0.745. The number of carbonyl (C=O) groups is 1. The Morgan fingerprint density at radius 2 is 1.80 bits per heavy atom. The molecular weight excluding hydrogens is 382 g/mol. The first-order chi connectivity index (χ1) is 14.5. The number of hydrogen-bond donors (Lipinski definition) is 2. The topological polar surface area (TPSA) is 85.5 Å². The molecule has 2 aromatic carbocycles. The van der Waals surface area contributed by atoms with E-state index in [9.17, 15) is 4.79 Å². The van der Waals surface area contributed by atoms with Gasteiger partial charge in [0.25, 0.3) is 5.91 Å². The third-order valence-corrected chi connectivity index (χ3v) is 4.49. The van der Waals surface area contributed by atoms with E-state index in [1.54, 1.807) is 14.2 Å². The van der Waals surface area contributed by atoms with Gasteiger partial charge in [-0.15, -0.1) is 0 Å². The van der Waals surface area contributed by atoms with E-state index in [4.69, 9.17) is 14.2 Å². The SMILES string of the molecule is COc1ccc(-c2n[nH]c(CC(C)C)c2NC(=O)COc2ccccc2)cc1OC. The summed E-state index contributed by atoms with van der Waals surface area (Å²) < 4.78 is 16.3. The molecule has 0 atom stereocenters. The summed E-state index contributed by atoms with van der Waals surface area (Å²) in [5.74, 6) is 1.99. The van der Waals surface area contributed by atoms with Gasteiger partial charge in [0.15, 0.2) is 18.1 Å². The van der Waals surface area contributed by atoms with E-state index in [-0.39, 0.29) is 12.5 Å². The number of nitrogens with one attached hydrogen (secondary N) is 2. The van der Waals surface area contributed by atoms with Crippen LogP contribution < -0.4 is 19.5 Å². The molecule has 2 N–H and O–H groups in total. The van der Waals surface area contributed by atoms with Gasteiger partial charge in [0.1, 0.15) is 11.4 Å². The molecule has 0 saturated carbocycles. The van der Waals surface area contributed by atoms with E-state index in [2.05, 4.69) is 29.4 Å². The number of nitrogens with zero attached hydrogens (tertiary/aromatic N) is 1. The van der Waals surface area contributed by atoms with Gasteiger partial charge in [0.2, 0.25) is 0 Å². The number of ether oxygens (including phenoxy) is 3. The highest BCUT2D eigenvalue weighted by atomic mass is 16.5. The predicted octanol–water partition coefficient (Wildman–Crippen LogP) is 4.31. The van der Waals surface area contributed by atoms with Crippen LogP contribution >= 0.6 is 0 Å². The Morgan fingerprint density at radius 3 is 2.47 bits per heavy atom. The average Bonchev–Trinajstić information content (AvgIpc) is 3.13. The zero-order valence-corrected chi connectivity index (χ0v) is 17.7. The van der Waals surface area contributed by atoms with Crippen LogP contribution in [0.2, 0.25) is 0 Å². The molecular formula is C23H27N3O4. The lowest BCUT2D eigenvalue weighted by Gasteiger charge is -2.12. The van der Waals surface area contributed by atoms with E-state index in [1.807, 2.05) is 48.5 Å². The molecule has 1 aromatic heterocycles. The Morgan fingerprint density at radius 1 is 1.07 bits per heavy atom. The Balaban J connectivity index is 1.86. The van der Waals surface area contributed by atoms with Crippen LogP contribution in [-0.4, -0.2) is 36.9 Å². The average molecular weight is 409 g/mol. The normalized spacial score (nSPS) is 10.7. The molecule has 0 aliphatic heterocycles. The number of carbonyl (C=O) groups excluding carboxylic acids is 1. The molecule has 0 fully saturated rings. The van der Waals surface area contributed by atoms with Crippen molar-refractivity contribution in [1.29, 1.82) is 0 Å². The van der Waals surface area contributed by atoms with Crippen molar-refractivity contribution in [2.24, 2.45) is 5.92 Å². The van der Waals surface area contributed by atoms with Crippen LogP contribution in [0.5, 0.6) is 17.2 Å². The number of para-hydroxylation sites is 1. The van der Waals surface area contributed by atoms with Crippen LogP contribution in [0, 0.1) is 5.92 Å². The van der Waals surface area contributed by atoms with E-state index in [0.717, 1.165) is 17.7 Å². The molecule has 7 nitrogen and oxygen atoms in total. The largest absolute Gasteiger partial charge is 0.493 e. The molecule has 0 radical (unpaired) electrons. The summed E-state index contributed by atoms with van der Waals surface area (Å²) >= 11 is 0. The molecule has 0 unspecified atom stereocenters. The van der Waals surface area contributed by atoms with Crippen molar-refractivity contribution in [3.8, 4) is 28.5 Å². The first-order valence-electron chi connectivity index (χ1n) is 9.79. The standard InChI is InChI=1S/C23H27N3O4/c1-15(2)12-18-23(24-21(27)14-30-17-8-6-5-7-9-17)22(26-25-18)16-10-11-19(28-3)20(13-16)29-4/h5-11,13,15H,12,14H2,1-4H3,(H,24,27)(H,25,26). The minimum atomic E-state index is -0.257. The molecule has 0 aliphatic rings. The summed E-state index contributed by atoms with van der Waals surface area (Å²) in [7, 11) is 3.17. The maximum Gasteiger partial charge on any atom is 0.262 e. The van der Waals surface area contributed by atoms with Gasteiger partial charge in [-0.25, -0.2) is 0 Å². The molecule has 1 amide bonds. The van der Waals surface area contributed by atoms with Crippen molar-refractivity contribution in [2.45, 2.75) is 20.3 Å². The monoisotopic (exact) mass is 409 g/mol. The Kier molecular flexibility index (Phi) is 6.95. The smallest absolute Gasteiger partial charge is 0.262 e. The molecule has 30 heavy (non-hydrogen) atoms. The second-order valence-electron chi connectivity index (χ2n) is 7.24. The van der Waals surface area contributed by atoms with E-state index >= 15 is 0 Å². The predicted molar refractivity (Wildman–Crippen MR) is 116 cm³/mol. The van der Waals surface area contributed by atoms with Gasteiger partial charge in [-0.1, -0.05) is 32.0 Å². The molecule has 158 valence electrons. The summed E-state index contributed by atoms with van der Waals surface area (Å²) in [6, 6.07) is 14.8. The van der Waals surface area contributed by atoms with Crippen molar-refractivity contribution in [1.82, 2.24) is 10.2 Å². The molecule has 1 heterocycles. The van der Waals surface area contributed by atoms with Gasteiger partial charge in [-0.3, -0.25) is 9.89 Å². The van der Waals surface area contributed by atoms with Crippen LogP contribution in [0.3, 0.4) is 0 Å². The van der Waals surface area contributed by atoms with Gasteiger partial charge in [0.05, 0.1) is 25.6 Å². The highest BCUT2D eigenvalue weighted by Gasteiger charge is 2.19. The number of aromatic nitrogens is 2. The summed E-state index contributed by atoms with van der Waals surface area (Å²) in [5, 5.41) is 10.5. The number of hydrogen-bond acceptors (Lipinski definition) is 5. The summed E-state index contributed by atoms with van der Waals surface area (Å²) in [4.78, 5) is 12.6. The molecule has 0 bridgehead atoms. The van der Waals surface area contributed by atoms with E-state index in [1.165, 1.54) is 0 Å². The van der Waals surface area contributed by atoms with Crippen molar-refractivity contribution in [3.63, 3.8) is 0 Å². The Hall–Kier alpha value is -3.48. The molecule has 0 aliphatic carbocycles. The van der Waals surface area contributed by atoms with Crippen LogP contribution in [0.1, 0.15) is 19.5 Å².